The van der Waals surface area contributed by atoms with E-state index in [1.807, 2.05) is 0 Å². The molecule has 0 spiro atoms. The maximum absolute atomic E-state index is 11.0. The molecule has 0 aromatic heterocycles. The lowest BCUT2D eigenvalue weighted by Gasteiger charge is -2.11. The molecular weight excluding hydrogens is 216 g/mol. The summed E-state index contributed by atoms with van der Waals surface area (Å²) in [6, 6.07) is 1.19. The first-order valence-corrected chi connectivity index (χ1v) is 5.76. The predicted molar refractivity (Wildman–Crippen MR) is 55.9 cm³/mol. The Morgan fingerprint density at radius 2 is 1.67 bits per heavy atom. The normalized spacial score (nSPS) is 11.5. The molecule has 0 saturated heterocycles. The van der Waals surface area contributed by atoms with Crippen LogP contribution in [-0.4, -0.2) is 19.3 Å². The number of aldehydes is 1. The minimum Gasteiger partial charge on any atom is -0.298 e. The molecule has 1 rings (SSSR count). The zero-order valence-electron chi connectivity index (χ0n) is 8.73. The molecule has 0 atom stereocenters. The van der Waals surface area contributed by atoms with Crippen LogP contribution in [0.15, 0.2) is 11.0 Å². The van der Waals surface area contributed by atoms with E-state index in [2.05, 4.69) is 0 Å². The van der Waals surface area contributed by atoms with Crippen molar-refractivity contribution in [3.8, 4) is 0 Å². The van der Waals surface area contributed by atoms with Crippen LogP contribution in [0.4, 0.5) is 0 Å². The van der Waals surface area contributed by atoms with Crippen molar-refractivity contribution in [3.05, 3.63) is 28.3 Å². The van der Waals surface area contributed by atoms with Crippen LogP contribution in [0.25, 0.3) is 0 Å². The van der Waals surface area contributed by atoms with E-state index in [1.54, 1.807) is 20.8 Å². The first kappa shape index (κ1) is 11.9. The third-order valence-electron chi connectivity index (χ3n) is 2.62. The second kappa shape index (κ2) is 3.75. The van der Waals surface area contributed by atoms with Crippen molar-refractivity contribution < 1.29 is 17.8 Å². The number of hydrogen-bond donors (Lipinski definition) is 1. The lowest BCUT2D eigenvalue weighted by molar-refractivity contribution is 0.112. The molecule has 82 valence electrons. The van der Waals surface area contributed by atoms with Crippen LogP contribution in [-0.2, 0) is 10.1 Å². The average molecular weight is 228 g/mol. The molecule has 15 heavy (non-hydrogen) atoms. The van der Waals surface area contributed by atoms with Crippen molar-refractivity contribution in [2.45, 2.75) is 25.7 Å². The highest BCUT2D eigenvalue weighted by Crippen LogP contribution is 2.23. The van der Waals surface area contributed by atoms with E-state index in [9.17, 15) is 13.2 Å². The molecule has 4 nitrogen and oxygen atoms in total. The van der Waals surface area contributed by atoms with Crippen molar-refractivity contribution in [3.63, 3.8) is 0 Å². The molecular formula is C10H12O4S. The van der Waals surface area contributed by atoms with Crippen molar-refractivity contribution in [2.24, 2.45) is 0 Å². The first-order valence-electron chi connectivity index (χ1n) is 4.32. The van der Waals surface area contributed by atoms with Crippen LogP contribution in [0.2, 0.25) is 0 Å². The fourth-order valence-corrected chi connectivity index (χ4v) is 2.25. The monoisotopic (exact) mass is 228 g/mol. The number of rotatable bonds is 2. The van der Waals surface area contributed by atoms with E-state index in [0.717, 1.165) is 5.56 Å². The molecule has 0 amide bonds. The summed E-state index contributed by atoms with van der Waals surface area (Å²) in [5.41, 5.74) is 2.19. The fourth-order valence-electron chi connectivity index (χ4n) is 1.43. The largest absolute Gasteiger partial charge is 0.298 e. The summed E-state index contributed by atoms with van der Waals surface area (Å²) in [5.74, 6) is 0. The lowest BCUT2D eigenvalue weighted by Crippen LogP contribution is -2.05. The van der Waals surface area contributed by atoms with Crippen LogP contribution in [0.1, 0.15) is 27.0 Å². The zero-order valence-corrected chi connectivity index (χ0v) is 9.55. The molecule has 1 aromatic carbocycles. The summed E-state index contributed by atoms with van der Waals surface area (Å²) >= 11 is 0. The van der Waals surface area contributed by atoms with E-state index in [1.165, 1.54) is 6.07 Å². The van der Waals surface area contributed by atoms with E-state index in [0.29, 0.717) is 17.4 Å². The predicted octanol–water partition coefficient (Wildman–Crippen LogP) is 1.67. The van der Waals surface area contributed by atoms with Gasteiger partial charge >= 0.3 is 0 Å². The van der Waals surface area contributed by atoms with Gasteiger partial charge in [0.1, 0.15) is 6.29 Å². The SMILES string of the molecule is Cc1c(C=O)cc(S(=O)(=O)O)c(C)c1C. The van der Waals surface area contributed by atoms with Gasteiger partial charge in [0.15, 0.2) is 0 Å². The molecule has 0 heterocycles. The van der Waals surface area contributed by atoms with Gasteiger partial charge in [0.25, 0.3) is 10.1 Å². The summed E-state index contributed by atoms with van der Waals surface area (Å²) < 4.78 is 31.0. The molecule has 0 unspecified atom stereocenters. The third kappa shape index (κ3) is 2.08. The van der Waals surface area contributed by atoms with Crippen LogP contribution < -0.4 is 0 Å². The van der Waals surface area contributed by atoms with Crippen molar-refractivity contribution >= 4 is 16.4 Å². The maximum Gasteiger partial charge on any atom is 0.294 e. The van der Waals surface area contributed by atoms with Gasteiger partial charge in [-0.25, -0.2) is 0 Å². The van der Waals surface area contributed by atoms with Crippen LogP contribution in [0.3, 0.4) is 0 Å². The molecule has 5 heteroatoms. The van der Waals surface area contributed by atoms with E-state index >= 15 is 0 Å². The molecule has 1 N–H and O–H groups in total. The molecule has 1 aromatic rings. The highest BCUT2D eigenvalue weighted by molar-refractivity contribution is 7.85. The zero-order chi connectivity index (χ0) is 11.8. The Hall–Kier alpha value is -1.20. The smallest absolute Gasteiger partial charge is 0.294 e. The van der Waals surface area contributed by atoms with Crippen LogP contribution >= 0.6 is 0 Å². The van der Waals surface area contributed by atoms with Gasteiger partial charge in [0.2, 0.25) is 0 Å². The quantitative estimate of drug-likeness (QED) is 0.617. The second-order valence-electron chi connectivity index (χ2n) is 3.43. The molecule has 0 aliphatic rings. The molecule has 0 saturated carbocycles. The van der Waals surface area contributed by atoms with Gasteiger partial charge in [-0.1, -0.05) is 0 Å². The summed E-state index contributed by atoms with van der Waals surface area (Å²) in [6.45, 7) is 5.05. The molecule has 0 fully saturated rings. The Kier molecular flexibility index (Phi) is 2.97. The Morgan fingerprint density at radius 3 is 2.07 bits per heavy atom. The molecule has 0 radical (unpaired) electrons. The maximum atomic E-state index is 11.0. The van der Waals surface area contributed by atoms with Gasteiger partial charge < -0.3 is 0 Å². The van der Waals surface area contributed by atoms with Gasteiger partial charge in [0, 0.05) is 5.56 Å². The van der Waals surface area contributed by atoms with E-state index in [-0.39, 0.29) is 10.5 Å². The summed E-state index contributed by atoms with van der Waals surface area (Å²) in [5, 5.41) is 0. The van der Waals surface area contributed by atoms with Crippen molar-refractivity contribution in [1.82, 2.24) is 0 Å². The average Bonchev–Trinajstić information content (AvgIpc) is 2.13. The van der Waals surface area contributed by atoms with Crippen LogP contribution in [0.5, 0.6) is 0 Å². The highest BCUT2D eigenvalue weighted by Gasteiger charge is 2.17. The number of hydrogen-bond acceptors (Lipinski definition) is 3. The van der Waals surface area contributed by atoms with Gasteiger partial charge in [-0.2, -0.15) is 8.42 Å². The minimum absolute atomic E-state index is 0.201. The molecule has 0 aliphatic carbocycles. The standard InChI is InChI=1S/C10H12O4S/c1-6-7(2)9(5-11)4-10(8(6)3)15(12,13)14/h4-5H,1-3H3,(H,12,13,14). The topological polar surface area (TPSA) is 71.4 Å². The summed E-state index contributed by atoms with van der Waals surface area (Å²) in [4.78, 5) is 10.5. The Bertz CT molecular complexity index is 515. The number of carbonyl (C=O) groups is 1. The Morgan fingerprint density at radius 1 is 1.13 bits per heavy atom. The first-order chi connectivity index (χ1) is 6.79. The third-order valence-corrected chi connectivity index (χ3v) is 3.60. The lowest BCUT2D eigenvalue weighted by atomic mass is 9.99. The van der Waals surface area contributed by atoms with Gasteiger partial charge in [-0.3, -0.25) is 9.35 Å². The molecule has 0 bridgehead atoms. The number of benzene rings is 1. The van der Waals surface area contributed by atoms with E-state index < -0.39 is 10.1 Å². The van der Waals surface area contributed by atoms with Gasteiger partial charge in [-0.05, 0) is 43.5 Å². The van der Waals surface area contributed by atoms with Crippen LogP contribution in [0, 0.1) is 20.8 Å². The van der Waals surface area contributed by atoms with Gasteiger partial charge in [0.05, 0.1) is 4.90 Å². The van der Waals surface area contributed by atoms with Crippen molar-refractivity contribution in [2.75, 3.05) is 0 Å². The Balaban J connectivity index is 3.71. The van der Waals surface area contributed by atoms with E-state index in [4.69, 9.17) is 4.55 Å². The van der Waals surface area contributed by atoms with Crippen molar-refractivity contribution in [1.29, 1.82) is 0 Å². The summed E-state index contributed by atoms with van der Waals surface area (Å²) in [6.07, 6.45) is 0.580. The van der Waals surface area contributed by atoms with Gasteiger partial charge in [-0.15, -0.1) is 0 Å². The highest BCUT2D eigenvalue weighted by atomic mass is 32.2. The fraction of sp³-hybridized carbons (Fsp3) is 0.300. The summed E-state index contributed by atoms with van der Waals surface area (Å²) in [7, 11) is -4.26. The second-order valence-corrected chi connectivity index (χ2v) is 4.82. The minimum atomic E-state index is -4.26. The molecule has 0 aliphatic heterocycles. The number of carbonyl (C=O) groups excluding carboxylic acids is 1. The Labute approximate surface area is 88.7 Å².